The van der Waals surface area contributed by atoms with Crippen LogP contribution < -0.4 is 10.3 Å². The molecule has 0 bridgehead atoms. The van der Waals surface area contributed by atoms with Gasteiger partial charge in [-0.3, -0.25) is 9.69 Å². The number of carbonyl (C=O) groups is 2. The van der Waals surface area contributed by atoms with Crippen molar-refractivity contribution >= 4 is 11.9 Å². The van der Waals surface area contributed by atoms with E-state index in [0.717, 1.165) is 43.3 Å². The van der Waals surface area contributed by atoms with Gasteiger partial charge in [-0.15, -0.1) is 0 Å². The van der Waals surface area contributed by atoms with E-state index in [1.165, 1.54) is 50.5 Å². The van der Waals surface area contributed by atoms with Crippen LogP contribution >= 0.6 is 0 Å². The number of benzene rings is 1. The Labute approximate surface area is 199 Å². The maximum Gasteiger partial charge on any atom is 0.414 e. The summed E-state index contributed by atoms with van der Waals surface area (Å²) < 4.78 is 6.30. The Hall–Kier alpha value is -3.13. The molecule has 184 valence electrons. The topological polar surface area (TPSA) is 120 Å². The molecule has 0 spiro atoms. The van der Waals surface area contributed by atoms with Gasteiger partial charge in [0.2, 0.25) is 0 Å². The lowest BCUT2D eigenvalue weighted by Crippen LogP contribution is -2.35. The normalized spacial score (nSPS) is 17.1. The summed E-state index contributed by atoms with van der Waals surface area (Å²) in [6, 6.07) is 12.5. The van der Waals surface area contributed by atoms with Gasteiger partial charge in [0.1, 0.15) is 5.75 Å². The highest BCUT2D eigenvalue weighted by Gasteiger charge is 2.21. The fourth-order valence-corrected chi connectivity index (χ4v) is 4.63. The Balaban J connectivity index is 0.000000481. The first-order valence-corrected chi connectivity index (χ1v) is 12.0. The molecule has 8 nitrogen and oxygen atoms in total. The number of piperidine rings is 1. The van der Waals surface area contributed by atoms with Crippen molar-refractivity contribution in [3.63, 3.8) is 0 Å². The third kappa shape index (κ3) is 8.02. The second kappa shape index (κ2) is 12.9. The van der Waals surface area contributed by atoms with Crippen molar-refractivity contribution in [3.8, 4) is 5.75 Å². The summed E-state index contributed by atoms with van der Waals surface area (Å²) in [6.45, 7) is 2.93. The zero-order valence-corrected chi connectivity index (χ0v) is 19.4. The van der Waals surface area contributed by atoms with Crippen molar-refractivity contribution in [1.82, 2.24) is 9.88 Å². The van der Waals surface area contributed by atoms with E-state index in [1.807, 2.05) is 12.1 Å². The number of aromatic nitrogens is 1. The smallest absolute Gasteiger partial charge is 0.414 e. The van der Waals surface area contributed by atoms with Crippen LogP contribution in [0, 0.1) is 5.92 Å². The van der Waals surface area contributed by atoms with Crippen LogP contribution in [-0.2, 0) is 22.6 Å². The number of pyridine rings is 1. The molecule has 4 rings (SSSR count). The van der Waals surface area contributed by atoms with E-state index in [9.17, 15) is 4.79 Å². The largest absolute Gasteiger partial charge is 0.490 e. The van der Waals surface area contributed by atoms with Gasteiger partial charge < -0.3 is 19.9 Å². The number of para-hydroxylation sites is 1. The Kier molecular flexibility index (Phi) is 9.70. The average molecular weight is 471 g/mol. The number of nitrogens with one attached hydrogen (secondary N) is 1. The maximum absolute atomic E-state index is 11.9. The highest BCUT2D eigenvalue weighted by atomic mass is 16.5. The highest BCUT2D eigenvalue weighted by Crippen LogP contribution is 2.29. The van der Waals surface area contributed by atoms with Gasteiger partial charge in [0.05, 0.1) is 6.10 Å². The van der Waals surface area contributed by atoms with Crippen LogP contribution in [0.3, 0.4) is 0 Å². The van der Waals surface area contributed by atoms with Crippen LogP contribution in [0.15, 0.2) is 47.4 Å². The molecule has 8 heteroatoms. The summed E-state index contributed by atoms with van der Waals surface area (Å²) >= 11 is 0. The summed E-state index contributed by atoms with van der Waals surface area (Å²) in [7, 11) is 0. The standard InChI is InChI=1S/C24H32N2O2.C2H2O4/c27-24-21(7-5-15-25-24)18-26-16-13-19(14-17-26)11-12-20-6-1-4-10-23(20)28-22-8-2-3-9-22;3-1(4)2(5)6/h1,4-7,10,15,19,22H,2-3,8-9,11-14,16-18H2,(H,25,27);(H,3,4)(H,5,6). The first-order chi connectivity index (χ1) is 16.4. The molecule has 0 atom stereocenters. The van der Waals surface area contributed by atoms with Gasteiger partial charge in [0.15, 0.2) is 0 Å². The zero-order chi connectivity index (χ0) is 24.3. The Morgan fingerprint density at radius 3 is 2.24 bits per heavy atom. The molecule has 2 fully saturated rings. The summed E-state index contributed by atoms with van der Waals surface area (Å²) in [5.74, 6) is -1.77. The number of ether oxygens (including phenoxy) is 1. The van der Waals surface area contributed by atoms with Crippen LogP contribution in [0.2, 0.25) is 0 Å². The van der Waals surface area contributed by atoms with Crippen molar-refractivity contribution in [2.75, 3.05) is 13.1 Å². The number of nitrogens with zero attached hydrogens (tertiary/aromatic N) is 1. The number of H-pyrrole nitrogens is 1. The van der Waals surface area contributed by atoms with E-state index in [1.54, 1.807) is 6.20 Å². The monoisotopic (exact) mass is 470 g/mol. The first kappa shape index (κ1) is 25.5. The fraction of sp³-hybridized carbons (Fsp3) is 0.500. The molecule has 1 aromatic carbocycles. The number of aryl methyl sites for hydroxylation is 1. The second-order valence-electron chi connectivity index (χ2n) is 9.03. The van der Waals surface area contributed by atoms with Crippen molar-refractivity contribution < 1.29 is 24.5 Å². The highest BCUT2D eigenvalue weighted by molar-refractivity contribution is 6.27. The summed E-state index contributed by atoms with van der Waals surface area (Å²) in [6.07, 6.45) is 11.9. The molecule has 34 heavy (non-hydrogen) atoms. The second-order valence-corrected chi connectivity index (χ2v) is 9.03. The average Bonchev–Trinajstić information content (AvgIpc) is 3.34. The van der Waals surface area contributed by atoms with Gasteiger partial charge in [-0.05, 0) is 88.1 Å². The van der Waals surface area contributed by atoms with Gasteiger partial charge in [0.25, 0.3) is 5.56 Å². The van der Waals surface area contributed by atoms with Gasteiger partial charge in [-0.25, -0.2) is 9.59 Å². The number of aliphatic carboxylic acids is 2. The quantitative estimate of drug-likeness (QED) is 0.528. The Bertz CT molecular complexity index is 979. The van der Waals surface area contributed by atoms with E-state index >= 15 is 0 Å². The van der Waals surface area contributed by atoms with E-state index in [4.69, 9.17) is 24.5 Å². The van der Waals surface area contributed by atoms with Crippen LogP contribution in [0.25, 0.3) is 0 Å². The molecule has 0 radical (unpaired) electrons. The molecule has 0 unspecified atom stereocenters. The third-order valence-corrected chi connectivity index (χ3v) is 6.57. The number of hydrogen-bond donors (Lipinski definition) is 3. The molecule has 1 aliphatic heterocycles. The lowest BCUT2D eigenvalue weighted by Gasteiger charge is -2.32. The van der Waals surface area contributed by atoms with Crippen molar-refractivity contribution in [1.29, 1.82) is 0 Å². The lowest BCUT2D eigenvalue weighted by molar-refractivity contribution is -0.159. The molecule has 2 aromatic rings. The van der Waals surface area contributed by atoms with Crippen molar-refractivity contribution in [3.05, 3.63) is 64.1 Å². The summed E-state index contributed by atoms with van der Waals surface area (Å²) in [5, 5.41) is 14.8. The van der Waals surface area contributed by atoms with E-state index in [2.05, 4.69) is 34.1 Å². The number of carboxylic acids is 2. The van der Waals surface area contributed by atoms with Gasteiger partial charge >= 0.3 is 11.9 Å². The van der Waals surface area contributed by atoms with E-state index in [-0.39, 0.29) is 5.56 Å². The molecular weight excluding hydrogens is 436 g/mol. The third-order valence-electron chi connectivity index (χ3n) is 6.57. The Morgan fingerprint density at radius 2 is 1.59 bits per heavy atom. The minimum absolute atomic E-state index is 0.0449. The molecule has 1 aliphatic carbocycles. The fourth-order valence-electron chi connectivity index (χ4n) is 4.63. The predicted octanol–water partition coefficient (Wildman–Crippen LogP) is 3.70. The lowest BCUT2D eigenvalue weighted by atomic mass is 9.90. The maximum atomic E-state index is 11.9. The van der Waals surface area contributed by atoms with Gasteiger partial charge in [-0.2, -0.15) is 0 Å². The van der Waals surface area contributed by atoms with Crippen LogP contribution in [-0.4, -0.2) is 51.2 Å². The number of carboxylic acid groups (broad SMARTS) is 2. The van der Waals surface area contributed by atoms with Crippen LogP contribution in [0.5, 0.6) is 5.75 Å². The van der Waals surface area contributed by atoms with Crippen LogP contribution in [0.1, 0.15) is 56.1 Å². The summed E-state index contributed by atoms with van der Waals surface area (Å²) in [5.41, 5.74) is 2.29. The molecular formula is C26H34N2O6. The molecule has 1 aromatic heterocycles. The van der Waals surface area contributed by atoms with Gasteiger partial charge in [0, 0.05) is 18.3 Å². The van der Waals surface area contributed by atoms with E-state index in [0.29, 0.717) is 6.10 Å². The number of rotatable bonds is 7. The van der Waals surface area contributed by atoms with Crippen molar-refractivity contribution in [2.45, 2.75) is 64.0 Å². The molecule has 1 saturated heterocycles. The number of likely N-dealkylation sites (tertiary alicyclic amines) is 1. The van der Waals surface area contributed by atoms with E-state index < -0.39 is 11.9 Å². The van der Waals surface area contributed by atoms with Crippen LogP contribution in [0.4, 0.5) is 0 Å². The van der Waals surface area contributed by atoms with Crippen molar-refractivity contribution in [2.24, 2.45) is 5.92 Å². The first-order valence-electron chi connectivity index (χ1n) is 12.0. The minimum atomic E-state index is -1.82. The zero-order valence-electron chi connectivity index (χ0n) is 19.4. The summed E-state index contributed by atoms with van der Waals surface area (Å²) in [4.78, 5) is 35.3. The predicted molar refractivity (Wildman–Crippen MR) is 128 cm³/mol. The molecule has 3 N–H and O–H groups in total. The minimum Gasteiger partial charge on any atom is -0.490 e. The van der Waals surface area contributed by atoms with Gasteiger partial charge in [-0.1, -0.05) is 24.3 Å². The number of aromatic amines is 1. The molecule has 1 saturated carbocycles. The molecule has 0 amide bonds. The Morgan fingerprint density at radius 1 is 0.941 bits per heavy atom. The molecule has 2 heterocycles. The SMILES string of the molecule is O=C(O)C(=O)O.O=c1[nH]cccc1CN1CCC(CCc2ccccc2OC2CCCC2)CC1. The molecule has 2 aliphatic rings. The number of hydrogen-bond acceptors (Lipinski definition) is 5.